The Hall–Kier alpha value is -1.63. The van der Waals surface area contributed by atoms with Crippen molar-refractivity contribution in [2.45, 2.75) is 13.1 Å². The van der Waals surface area contributed by atoms with Gasteiger partial charge in [0.15, 0.2) is 0 Å². The molecule has 94 valence electrons. The lowest BCUT2D eigenvalue weighted by atomic mass is 10.4. The van der Waals surface area contributed by atoms with Crippen LogP contribution in [-0.2, 0) is 13.6 Å². The molecule has 0 amide bonds. The lowest BCUT2D eigenvalue weighted by molar-refractivity contribution is 0.0569. The van der Waals surface area contributed by atoms with Crippen LogP contribution in [0.15, 0.2) is 24.5 Å². The average Bonchev–Trinajstić information content (AvgIpc) is 2.83. The van der Waals surface area contributed by atoms with Crippen LogP contribution in [0.1, 0.15) is 12.2 Å². The van der Waals surface area contributed by atoms with Crippen molar-refractivity contribution in [2.75, 3.05) is 5.32 Å². The molecule has 0 bridgehead atoms. The van der Waals surface area contributed by atoms with Gasteiger partial charge in [-0.25, -0.2) is 4.68 Å². The monoisotopic (exact) mass is 263 g/mol. The minimum atomic E-state index is -2.61. The third-order valence-electron chi connectivity index (χ3n) is 2.03. The molecular weight excluding hydrogens is 252 g/mol. The van der Waals surface area contributed by atoms with E-state index in [1.807, 2.05) is 19.3 Å². The van der Waals surface area contributed by atoms with Crippen LogP contribution in [-0.4, -0.2) is 19.6 Å². The molecule has 0 saturated carbocycles. The molecule has 0 aliphatic heterocycles. The zero-order valence-electron chi connectivity index (χ0n) is 9.05. The zero-order chi connectivity index (χ0) is 11.5. The molecule has 0 radical (unpaired) electrons. The van der Waals surface area contributed by atoms with Crippen molar-refractivity contribution in [3.05, 3.63) is 30.2 Å². The van der Waals surface area contributed by atoms with Gasteiger partial charge in [0.1, 0.15) is 5.82 Å². The molecule has 5 nitrogen and oxygen atoms in total. The summed E-state index contributed by atoms with van der Waals surface area (Å²) in [4.78, 5) is 0. The fraction of sp³-hybridized carbons (Fsp3) is 0.333. The molecule has 8 heteroatoms. The Labute approximate surface area is 103 Å². The van der Waals surface area contributed by atoms with Crippen LogP contribution in [0.3, 0.4) is 0 Å². The number of halogens is 3. The number of alkyl halides is 2. The van der Waals surface area contributed by atoms with Crippen molar-refractivity contribution in [3.63, 3.8) is 0 Å². The third kappa shape index (κ3) is 3.42. The summed E-state index contributed by atoms with van der Waals surface area (Å²) in [6.07, 6.45) is 3.04. The number of nitrogens with zero attached hydrogens (tertiary/aromatic N) is 4. The van der Waals surface area contributed by atoms with Crippen molar-refractivity contribution in [1.29, 1.82) is 0 Å². The quantitative estimate of drug-likeness (QED) is 0.918. The van der Waals surface area contributed by atoms with Gasteiger partial charge in [0, 0.05) is 25.5 Å². The SMILES string of the molecule is Cl.Cn1ccc(CNc2ccn(C(F)F)n2)n1. The van der Waals surface area contributed by atoms with Gasteiger partial charge in [-0.2, -0.15) is 19.0 Å². The molecule has 0 aromatic carbocycles. The van der Waals surface area contributed by atoms with Gasteiger partial charge < -0.3 is 5.32 Å². The standard InChI is InChI=1S/C9H11F2N5.ClH/c1-15-4-2-7(13-15)6-12-8-3-5-16(14-8)9(10)11;/h2-5,9H,6H2,1H3,(H,12,14);1H. The molecule has 2 aromatic rings. The van der Waals surface area contributed by atoms with Gasteiger partial charge in [-0.15, -0.1) is 12.4 Å². The van der Waals surface area contributed by atoms with Crippen molar-refractivity contribution < 1.29 is 8.78 Å². The maximum atomic E-state index is 12.2. The number of anilines is 1. The zero-order valence-corrected chi connectivity index (χ0v) is 9.86. The van der Waals surface area contributed by atoms with E-state index in [1.54, 1.807) is 4.68 Å². The van der Waals surface area contributed by atoms with Gasteiger partial charge in [-0.3, -0.25) is 4.68 Å². The Morgan fingerprint density at radius 2 is 2.06 bits per heavy atom. The van der Waals surface area contributed by atoms with Crippen molar-refractivity contribution >= 4 is 18.2 Å². The Kier molecular flexibility index (Phi) is 4.45. The summed E-state index contributed by atoms with van der Waals surface area (Å²) < 4.78 is 26.7. The molecule has 0 saturated heterocycles. The summed E-state index contributed by atoms with van der Waals surface area (Å²) in [5.41, 5.74) is 0.828. The van der Waals surface area contributed by atoms with Gasteiger partial charge >= 0.3 is 6.55 Å². The minimum Gasteiger partial charge on any atom is -0.363 e. The van der Waals surface area contributed by atoms with Crippen LogP contribution in [0.4, 0.5) is 14.6 Å². The highest BCUT2D eigenvalue weighted by Gasteiger charge is 2.07. The largest absolute Gasteiger partial charge is 0.363 e. The second-order valence-corrected chi connectivity index (χ2v) is 3.29. The maximum absolute atomic E-state index is 12.2. The summed E-state index contributed by atoms with van der Waals surface area (Å²) >= 11 is 0. The average molecular weight is 264 g/mol. The van der Waals surface area contributed by atoms with Crippen LogP contribution in [0.2, 0.25) is 0 Å². The first kappa shape index (κ1) is 13.4. The Morgan fingerprint density at radius 1 is 1.29 bits per heavy atom. The summed E-state index contributed by atoms with van der Waals surface area (Å²) in [5, 5.41) is 10.7. The van der Waals surface area contributed by atoms with Gasteiger partial charge in [0.05, 0.1) is 12.2 Å². The predicted octanol–water partition coefficient (Wildman–Crippen LogP) is 2.05. The first-order valence-corrected chi connectivity index (χ1v) is 4.71. The molecule has 0 spiro atoms. The summed E-state index contributed by atoms with van der Waals surface area (Å²) in [5.74, 6) is 0.408. The topological polar surface area (TPSA) is 47.7 Å². The van der Waals surface area contributed by atoms with E-state index in [9.17, 15) is 8.78 Å². The molecule has 17 heavy (non-hydrogen) atoms. The predicted molar refractivity (Wildman–Crippen MR) is 61.3 cm³/mol. The second kappa shape index (κ2) is 5.62. The first-order chi connectivity index (χ1) is 7.65. The summed E-state index contributed by atoms with van der Waals surface area (Å²) in [7, 11) is 1.81. The highest BCUT2D eigenvalue weighted by atomic mass is 35.5. The molecule has 0 atom stereocenters. The molecule has 2 heterocycles. The fourth-order valence-corrected chi connectivity index (χ4v) is 1.28. The van der Waals surface area contributed by atoms with Crippen LogP contribution in [0, 0.1) is 0 Å². The first-order valence-electron chi connectivity index (χ1n) is 4.71. The Balaban J connectivity index is 0.00000144. The van der Waals surface area contributed by atoms with E-state index >= 15 is 0 Å². The van der Waals surface area contributed by atoms with E-state index in [0.717, 1.165) is 5.69 Å². The Morgan fingerprint density at radius 3 is 2.59 bits per heavy atom. The number of rotatable bonds is 4. The van der Waals surface area contributed by atoms with Gasteiger partial charge in [-0.05, 0) is 6.07 Å². The van der Waals surface area contributed by atoms with Crippen molar-refractivity contribution in [1.82, 2.24) is 19.6 Å². The maximum Gasteiger partial charge on any atom is 0.333 e. The molecule has 0 fully saturated rings. The number of hydrogen-bond acceptors (Lipinski definition) is 3. The number of hydrogen-bond donors (Lipinski definition) is 1. The van der Waals surface area contributed by atoms with E-state index in [4.69, 9.17) is 0 Å². The molecule has 2 aromatic heterocycles. The van der Waals surface area contributed by atoms with E-state index in [-0.39, 0.29) is 12.4 Å². The fourth-order valence-electron chi connectivity index (χ4n) is 1.28. The van der Waals surface area contributed by atoms with Gasteiger partial charge in [-0.1, -0.05) is 0 Å². The van der Waals surface area contributed by atoms with E-state index in [0.29, 0.717) is 17.0 Å². The van der Waals surface area contributed by atoms with E-state index < -0.39 is 6.55 Å². The Bertz CT molecular complexity index is 467. The molecular formula is C9H12ClF2N5. The number of nitrogens with one attached hydrogen (secondary N) is 1. The van der Waals surface area contributed by atoms with Gasteiger partial charge in [0.2, 0.25) is 0 Å². The molecule has 0 unspecified atom stereocenters. The summed E-state index contributed by atoms with van der Waals surface area (Å²) in [6, 6.07) is 3.34. The smallest absolute Gasteiger partial charge is 0.333 e. The summed E-state index contributed by atoms with van der Waals surface area (Å²) in [6.45, 7) is -2.15. The van der Waals surface area contributed by atoms with E-state index in [1.165, 1.54) is 12.3 Å². The highest BCUT2D eigenvalue weighted by molar-refractivity contribution is 5.85. The molecule has 0 aliphatic rings. The van der Waals surface area contributed by atoms with Crippen LogP contribution in [0.5, 0.6) is 0 Å². The van der Waals surface area contributed by atoms with Crippen LogP contribution < -0.4 is 5.32 Å². The van der Waals surface area contributed by atoms with E-state index in [2.05, 4.69) is 15.5 Å². The van der Waals surface area contributed by atoms with Crippen molar-refractivity contribution in [3.8, 4) is 0 Å². The normalized spacial score (nSPS) is 10.4. The number of aromatic nitrogens is 4. The third-order valence-corrected chi connectivity index (χ3v) is 2.03. The second-order valence-electron chi connectivity index (χ2n) is 3.29. The van der Waals surface area contributed by atoms with Crippen molar-refractivity contribution in [2.24, 2.45) is 7.05 Å². The number of aryl methyl sites for hydroxylation is 1. The lowest BCUT2D eigenvalue weighted by Gasteiger charge is -2.00. The van der Waals surface area contributed by atoms with Crippen LogP contribution >= 0.6 is 12.4 Å². The highest BCUT2D eigenvalue weighted by Crippen LogP contribution is 2.11. The minimum absolute atomic E-state index is 0. The van der Waals surface area contributed by atoms with Gasteiger partial charge in [0.25, 0.3) is 0 Å². The molecule has 0 aliphatic carbocycles. The molecule has 2 rings (SSSR count). The van der Waals surface area contributed by atoms with Crippen LogP contribution in [0.25, 0.3) is 0 Å². The lowest BCUT2D eigenvalue weighted by Crippen LogP contribution is -2.03. The molecule has 1 N–H and O–H groups in total.